The van der Waals surface area contributed by atoms with Gasteiger partial charge in [0.1, 0.15) is 11.6 Å². The van der Waals surface area contributed by atoms with E-state index < -0.39 is 92.1 Å². The Balaban J connectivity index is 0.000000258. The number of carbonyl (C=O) groups excluding carboxylic acids is 6. The van der Waals surface area contributed by atoms with Gasteiger partial charge in [0.15, 0.2) is 5.78 Å². The summed E-state index contributed by atoms with van der Waals surface area (Å²) in [4.78, 5) is 89.1. The summed E-state index contributed by atoms with van der Waals surface area (Å²) in [6, 6.07) is -0.514. The number of carbonyl (C=O) groups is 7. The first-order chi connectivity index (χ1) is 65.6. The van der Waals surface area contributed by atoms with Gasteiger partial charge in [-0.2, -0.15) is 0 Å². The van der Waals surface area contributed by atoms with E-state index in [4.69, 9.17) is 45.5 Å². The van der Waals surface area contributed by atoms with Gasteiger partial charge >= 0.3 is 53.4 Å². The first-order valence-corrected chi connectivity index (χ1v) is 54.1. The first kappa shape index (κ1) is 92.1. The molecule has 0 aromatic carbocycles. The molecule has 0 amide bonds. The molecule has 16 aliphatic rings. The summed E-state index contributed by atoms with van der Waals surface area (Å²) in [5, 5.41) is 40.6. The number of esters is 3. The summed E-state index contributed by atoms with van der Waals surface area (Å²) in [6.45, 7) is 29.6. The third kappa shape index (κ3) is 21.3. The van der Waals surface area contributed by atoms with Crippen molar-refractivity contribution in [1.29, 1.82) is 5.34 Å². The van der Waals surface area contributed by atoms with Crippen LogP contribution in [-0.2, 0) is 52.2 Å². The van der Waals surface area contributed by atoms with E-state index >= 15 is 0 Å². The molecule has 15 nitrogen and oxygen atoms in total. The van der Waals surface area contributed by atoms with Gasteiger partial charge in [-0.25, -0.2) is 5.34 Å². The van der Waals surface area contributed by atoms with Crippen LogP contribution < -0.4 is 29.6 Å². The third-order valence-corrected chi connectivity index (χ3v) is 42.8. The van der Waals surface area contributed by atoms with Gasteiger partial charge in [0, 0.05) is 76.3 Å². The van der Waals surface area contributed by atoms with Crippen molar-refractivity contribution in [2.75, 3.05) is 21.3 Å². The Morgan fingerprint density at radius 3 is 1.15 bits per heavy atom. The Hall–Kier alpha value is -2.67. The number of aliphatic carboxylic acids is 1. The minimum Gasteiger partial charge on any atom is -0.547 e. The Kier molecular flexibility index (Phi) is 31.7. The SMILES string of the molecule is C.C.C.C.COC(=O)CC[C@@H](C)[C@H]1CCC2C3C(O[Si](C)(C)C)=C[C@@H]4C[C@H](C)CC[C@]4(C)C3CC[C@@]21C.[2H]/C(=C1/C(=O)C2C3CC[C@H]([C@H](C)CCC(=O)OC)[C@@]3(C)CCC2[C@@]2(C)CC[C@@H](O)C[C@@H]12)C([2H])([2H])[2H].[2H]C([C@H]1C(=O)C2C3CC[C@H]([C@H](C)CCC(=O)O)[C@@]3(C)CCC2[C@@]2(C)CC[C@@H](O)C[C@@H]12)C([2H])([2H])[2H].[2H]C([C@H]1C(=O)C2C3CC[C@H]([C@H](C)CCC(=O)OC)[C@@]3(C)CCC2[C@@]2(C)CC[C@@H](O)C[C@@H]12)C([2H])([2H])[2H].[2H][B-]([2H])([2H])[2H].[Na+]. The van der Waals surface area contributed by atoms with Crippen molar-refractivity contribution >= 4 is 57.8 Å². The van der Waals surface area contributed by atoms with Crippen LogP contribution in [0.5, 0.6) is 0 Å². The largest absolute Gasteiger partial charge is 1.00 e. The Labute approximate surface area is 846 Å². The summed E-state index contributed by atoms with van der Waals surface area (Å²) in [5.41, 5.74) is 0.129. The number of fused-ring (bicyclic) bond motifs is 20. The van der Waals surface area contributed by atoms with Crippen molar-refractivity contribution in [3.8, 4) is 0 Å². The van der Waals surface area contributed by atoms with Crippen LogP contribution in [0.2, 0.25) is 19.6 Å². The molecule has 0 saturated heterocycles. The van der Waals surface area contributed by atoms with E-state index in [-0.39, 0.29) is 216 Å². The molecule has 0 radical (unpaired) electrons. The molecule has 0 spiro atoms. The number of hydrogen-bond acceptors (Lipinski definition) is 14. The molecule has 0 heterocycles. The van der Waals surface area contributed by atoms with Crippen molar-refractivity contribution in [3.05, 3.63) is 23.5 Å². The number of ether oxygens (including phenoxy) is 3. The maximum absolute atomic E-state index is 14.3. The molecule has 4 N–H and O–H groups in total. The number of aliphatic hydroxyl groups excluding tert-OH is 3. The van der Waals surface area contributed by atoms with Crippen LogP contribution in [0, 0.1) is 203 Å². The van der Waals surface area contributed by atoms with Crippen LogP contribution in [0.1, 0.15) is 401 Å². The fraction of sp³-hybridized carbons (Fsp3) is 0.903. The predicted octanol–water partition coefficient (Wildman–Crippen LogP) is 22.0. The molecular formula is C113H198BNaO15Si. The second-order valence-corrected chi connectivity index (χ2v) is 52.9. The van der Waals surface area contributed by atoms with E-state index in [1.54, 1.807) is 0 Å². The number of carboxylic acid groups (broad SMARTS) is 1. The van der Waals surface area contributed by atoms with Crippen molar-refractivity contribution < 1.29 is 119 Å². The quantitative estimate of drug-likeness (QED) is 0.0384. The molecule has 0 aromatic rings. The van der Waals surface area contributed by atoms with Gasteiger partial charge < -0.3 is 39.1 Å². The summed E-state index contributed by atoms with van der Waals surface area (Å²) >= 11 is 0. The van der Waals surface area contributed by atoms with E-state index in [2.05, 4.69) is 116 Å². The standard InChI is InChI=1S/C29H50O3Si.C27H44O4.C27H42O4.C26H42O4.4CH4.BH4.Na/c1-19-13-15-28(3)21(17-19)18-25(32-33(6,7)8)27-23-11-10-22(20(2)9-12-26(30)31-5)29(23,4)16-14-24(27)28;2*1-6-18-22-15-17(28)11-13-27(22,4)21-12-14-26(3)19(16(2)7-10-23(29)31-5)8-9-20(26)24(21)25(18)30;1-5-17-21-14-16(27)10-12-26(21,4)20-11-13-25(3)18(15(2)6-9-22(28)29)7-8-19(25)23(20)24(17)30;;;;;;/h18-24,27H,9-17H2,1-8H3;16-22,24,28H,6-15H2,1-5H3;6,16-17,19-22,24,28H,7-15H2,1-5H3;15-21,23,27H,5-14H2,1-4H3,(H,28,29);5*1H4;/q;;;;;;;;-1;+1/b;;18-6-;;;;;;;/t19-,20-,21+,22-,23?,24?,27?,28+,29-;16-,17-,18-,19-,20?,21?,22+,24?,26-,27-;16-,17-,19-,20?,21?,22+,24?,26-,27-;15-,16-,17-,18-,19?,20?,21+,23?,25-,26-;;;;;;/m1111....../s1/i;2*1D3,6D;1D3,5D;;;;;1D4;/t;6?,16-,17-,18-,19-,20?,21?,22+,24?,26-,27-;m;5?,15-,16-,17-,18-,19?,20?,21+,23?,25-,26-;;;;;;. The van der Waals surface area contributed by atoms with Gasteiger partial charge in [0.05, 0.1) is 46.8 Å². The monoisotopic (exact) mass is 1870 g/mol. The molecule has 14 unspecified atom stereocenters. The zero-order valence-corrected chi connectivity index (χ0v) is 85.4. The number of methoxy groups -OCH3 is 3. The number of carboxylic acids is 1. The number of ketones is 3. The van der Waals surface area contributed by atoms with Crippen LogP contribution in [0.15, 0.2) is 23.5 Å². The predicted molar refractivity (Wildman–Crippen MR) is 536 cm³/mol. The molecule has 40 atom stereocenters. The van der Waals surface area contributed by atoms with Crippen molar-refractivity contribution in [2.24, 2.45) is 203 Å². The van der Waals surface area contributed by atoms with E-state index in [9.17, 15) is 48.9 Å². The fourth-order valence-corrected chi connectivity index (χ4v) is 36.1. The summed E-state index contributed by atoms with van der Waals surface area (Å²) in [6.07, 6.45) is 29.4. The second-order valence-electron chi connectivity index (χ2n) is 48.5. The molecule has 18 heteroatoms. The van der Waals surface area contributed by atoms with Gasteiger partial charge in [0.2, 0.25) is 8.32 Å². The molecule has 131 heavy (non-hydrogen) atoms. The van der Waals surface area contributed by atoms with Crippen molar-refractivity contribution in [3.63, 3.8) is 0 Å². The number of rotatable bonds is 20. The number of hydrogen-bond donors (Lipinski definition) is 4. The van der Waals surface area contributed by atoms with Crippen LogP contribution in [0.25, 0.3) is 0 Å². The van der Waals surface area contributed by atoms with Crippen LogP contribution in [0.3, 0.4) is 0 Å². The summed E-state index contributed by atoms with van der Waals surface area (Å²) in [5.74, 6) is 4.76. The average molecular weight is 1870 g/mol. The molecule has 748 valence electrons. The number of Topliss-reactive ketones (excluding diaryl/α,β-unsaturated/α-hetero) is 3. The zero-order chi connectivity index (χ0) is 106. The minimum absolute atomic E-state index is 0. The average Bonchev–Trinajstić information content (AvgIpc) is 1.68. The van der Waals surface area contributed by atoms with E-state index in [0.717, 1.165) is 133 Å². The topological polar surface area (TPSA) is 237 Å². The molecule has 16 aliphatic carbocycles. The zero-order valence-electron chi connectivity index (χ0n) is 98.4. The smallest absolute Gasteiger partial charge is 0.547 e. The molecule has 15 fully saturated rings. The van der Waals surface area contributed by atoms with Gasteiger partial charge in [-0.1, -0.05) is 154 Å². The Morgan fingerprint density at radius 2 is 0.786 bits per heavy atom. The molecule has 0 aromatic heterocycles. The van der Waals surface area contributed by atoms with Crippen LogP contribution >= 0.6 is 0 Å². The third-order valence-electron chi connectivity index (χ3n) is 41.9. The minimum atomic E-state index is -3.00. The van der Waals surface area contributed by atoms with E-state index in [1.165, 1.54) is 72.0 Å². The summed E-state index contributed by atoms with van der Waals surface area (Å²) in [7, 11) is -0.329. The molecule has 16 rings (SSSR count). The van der Waals surface area contributed by atoms with Crippen LogP contribution in [-0.4, -0.2) is 123 Å². The number of aliphatic hydroxyl groups is 3. The molecule has 0 aliphatic heterocycles. The fourth-order valence-electron chi connectivity index (χ4n) is 35.2. The number of allylic oxidation sites excluding steroid dienone is 4. The Bertz CT molecular complexity index is 4530. The molecule has 15 saturated carbocycles. The normalized spacial score (nSPS) is 47.3. The molecule has 0 bridgehead atoms. The molecular weight excluding hydrogens is 1660 g/mol. The van der Waals surface area contributed by atoms with Crippen LogP contribution in [0.4, 0.5) is 0 Å². The van der Waals surface area contributed by atoms with Crippen molar-refractivity contribution in [1.82, 2.24) is 0 Å². The first-order valence-electron chi connectivity index (χ1n) is 59.1. The van der Waals surface area contributed by atoms with E-state index in [0.29, 0.717) is 128 Å². The van der Waals surface area contributed by atoms with Gasteiger partial charge in [0.25, 0.3) is 0 Å². The maximum Gasteiger partial charge on any atom is 1.00 e. The maximum atomic E-state index is 14.3. The summed E-state index contributed by atoms with van der Waals surface area (Å²) < 4.78 is 143. The van der Waals surface area contributed by atoms with Crippen molar-refractivity contribution in [2.45, 2.75) is 422 Å². The second kappa shape index (κ2) is 45.1. The van der Waals surface area contributed by atoms with E-state index in [1.807, 2.05) is 0 Å². The van der Waals surface area contributed by atoms with Gasteiger partial charge in [-0.3, -0.25) is 33.6 Å². The van der Waals surface area contributed by atoms with Gasteiger partial charge in [-0.05, 0) is 418 Å². The Morgan fingerprint density at radius 1 is 0.466 bits per heavy atom. The van der Waals surface area contributed by atoms with Gasteiger partial charge in [-0.15, -0.1) is 0 Å².